The number of carbonyl (C=O) groups is 2. The minimum absolute atomic E-state index is 0.0335. The highest BCUT2D eigenvalue weighted by Crippen LogP contribution is 2.15. The highest BCUT2D eigenvalue weighted by atomic mass is 79.9. The number of hydrogen-bond acceptors (Lipinski definition) is 2. The lowest BCUT2D eigenvalue weighted by Gasteiger charge is -2.21. The molecule has 0 saturated heterocycles. The van der Waals surface area contributed by atoms with Crippen LogP contribution < -0.4 is 5.43 Å². The lowest BCUT2D eigenvalue weighted by molar-refractivity contribution is 0.0728. The van der Waals surface area contributed by atoms with Gasteiger partial charge in [-0.05, 0) is 24.1 Å². The summed E-state index contributed by atoms with van der Waals surface area (Å²) in [7, 11) is 0. The average molecular weight is 333 g/mol. The molecular formula is C12H14BrFN2O3. The van der Waals surface area contributed by atoms with E-state index in [4.69, 9.17) is 5.11 Å². The van der Waals surface area contributed by atoms with Gasteiger partial charge in [-0.15, -0.1) is 0 Å². The number of nitrogens with one attached hydrogen (secondary N) is 1. The Balaban J connectivity index is 2.84. The number of halogens is 2. The first-order chi connectivity index (χ1) is 8.81. The zero-order chi connectivity index (χ0) is 14.6. The molecule has 0 bridgehead atoms. The third-order valence-electron chi connectivity index (χ3n) is 2.19. The second-order valence-corrected chi connectivity index (χ2v) is 5.27. The van der Waals surface area contributed by atoms with Gasteiger partial charge in [0.05, 0.1) is 5.56 Å². The summed E-state index contributed by atoms with van der Waals surface area (Å²) in [6.45, 7) is 3.74. The maximum Gasteiger partial charge on any atom is 0.426 e. The molecule has 2 amide bonds. The summed E-state index contributed by atoms with van der Waals surface area (Å²) in [5, 5.41) is 9.69. The van der Waals surface area contributed by atoms with Gasteiger partial charge in [0.25, 0.3) is 5.91 Å². The zero-order valence-corrected chi connectivity index (χ0v) is 12.1. The van der Waals surface area contributed by atoms with Gasteiger partial charge < -0.3 is 5.11 Å². The number of rotatable bonds is 3. The van der Waals surface area contributed by atoms with Gasteiger partial charge in [0.15, 0.2) is 0 Å². The molecule has 0 aromatic heterocycles. The Morgan fingerprint density at radius 3 is 2.58 bits per heavy atom. The highest BCUT2D eigenvalue weighted by Gasteiger charge is 2.19. The molecule has 0 saturated carbocycles. The number of hydrogen-bond donors (Lipinski definition) is 2. The Morgan fingerprint density at radius 1 is 1.47 bits per heavy atom. The van der Waals surface area contributed by atoms with Crippen molar-refractivity contribution < 1.29 is 19.1 Å². The Bertz CT molecular complexity index is 494. The van der Waals surface area contributed by atoms with E-state index in [1.165, 1.54) is 12.1 Å². The second kappa shape index (κ2) is 6.51. The molecule has 0 heterocycles. The number of hydrazine groups is 1. The third-order valence-corrected chi connectivity index (χ3v) is 2.68. The van der Waals surface area contributed by atoms with Gasteiger partial charge in [-0.2, -0.15) is 0 Å². The quantitative estimate of drug-likeness (QED) is 0.836. The molecule has 104 valence electrons. The van der Waals surface area contributed by atoms with Crippen molar-refractivity contribution in [3.63, 3.8) is 0 Å². The van der Waals surface area contributed by atoms with Crippen molar-refractivity contribution in [2.24, 2.45) is 5.92 Å². The van der Waals surface area contributed by atoms with E-state index in [1.54, 1.807) is 0 Å². The van der Waals surface area contributed by atoms with Gasteiger partial charge in [-0.1, -0.05) is 29.8 Å². The van der Waals surface area contributed by atoms with E-state index in [9.17, 15) is 14.0 Å². The van der Waals surface area contributed by atoms with Crippen molar-refractivity contribution in [1.82, 2.24) is 10.4 Å². The average Bonchev–Trinajstić information content (AvgIpc) is 2.26. The van der Waals surface area contributed by atoms with Crippen molar-refractivity contribution in [3.8, 4) is 0 Å². The van der Waals surface area contributed by atoms with E-state index >= 15 is 0 Å². The lowest BCUT2D eigenvalue weighted by Crippen LogP contribution is -2.47. The number of nitrogens with zero attached hydrogens (tertiary/aromatic N) is 1. The molecule has 5 nitrogen and oxygen atoms in total. The van der Waals surface area contributed by atoms with Crippen LogP contribution in [0.15, 0.2) is 22.7 Å². The summed E-state index contributed by atoms with van der Waals surface area (Å²) < 4.78 is 14.1. The highest BCUT2D eigenvalue weighted by molar-refractivity contribution is 9.10. The first-order valence-electron chi connectivity index (χ1n) is 5.57. The summed E-state index contributed by atoms with van der Waals surface area (Å²) in [6.07, 6.45) is -1.29. The van der Waals surface area contributed by atoms with E-state index in [0.29, 0.717) is 4.47 Å². The van der Waals surface area contributed by atoms with Gasteiger partial charge in [0.2, 0.25) is 0 Å². The Hall–Kier alpha value is -1.63. The molecular weight excluding hydrogens is 319 g/mol. The SMILES string of the molecule is CC(C)CN(NC(=O)c1ccc(Br)cc1F)C(=O)O. The van der Waals surface area contributed by atoms with Gasteiger partial charge >= 0.3 is 6.09 Å². The molecule has 0 atom stereocenters. The van der Waals surface area contributed by atoms with Gasteiger partial charge in [-0.25, -0.2) is 14.2 Å². The predicted molar refractivity (Wildman–Crippen MR) is 71.1 cm³/mol. The molecule has 1 rings (SSSR count). The number of carbonyl (C=O) groups excluding carboxylic acids is 1. The van der Waals surface area contributed by atoms with E-state index in [1.807, 2.05) is 13.8 Å². The standard InChI is InChI=1S/C12H14BrFN2O3/c1-7(2)6-16(12(18)19)15-11(17)9-4-3-8(13)5-10(9)14/h3-5,7H,6H2,1-2H3,(H,15,17)(H,18,19). The van der Waals surface area contributed by atoms with Crippen molar-refractivity contribution in [3.05, 3.63) is 34.1 Å². The summed E-state index contributed by atoms with van der Waals surface area (Å²) in [5.41, 5.74) is 1.95. The molecule has 0 aliphatic carbocycles. The van der Waals surface area contributed by atoms with Gasteiger partial charge in [-0.3, -0.25) is 10.2 Å². The van der Waals surface area contributed by atoms with Crippen LogP contribution in [0.2, 0.25) is 0 Å². The van der Waals surface area contributed by atoms with Crippen LogP contribution in [0.4, 0.5) is 9.18 Å². The van der Waals surface area contributed by atoms with Crippen LogP contribution >= 0.6 is 15.9 Å². The zero-order valence-electron chi connectivity index (χ0n) is 10.5. The fraction of sp³-hybridized carbons (Fsp3) is 0.333. The summed E-state index contributed by atoms with van der Waals surface area (Å²) in [4.78, 5) is 22.8. The van der Waals surface area contributed by atoms with Crippen LogP contribution in [0, 0.1) is 11.7 Å². The Kier molecular flexibility index (Phi) is 5.29. The molecule has 0 unspecified atom stereocenters. The van der Waals surface area contributed by atoms with E-state index < -0.39 is 17.8 Å². The van der Waals surface area contributed by atoms with Crippen LogP contribution in [-0.4, -0.2) is 28.7 Å². The van der Waals surface area contributed by atoms with Crippen LogP contribution in [0.5, 0.6) is 0 Å². The molecule has 0 aliphatic rings. The van der Waals surface area contributed by atoms with E-state index in [0.717, 1.165) is 11.1 Å². The molecule has 1 aromatic carbocycles. The second-order valence-electron chi connectivity index (χ2n) is 4.35. The van der Waals surface area contributed by atoms with Crippen LogP contribution in [0.25, 0.3) is 0 Å². The maximum absolute atomic E-state index is 13.6. The van der Waals surface area contributed by atoms with E-state index in [2.05, 4.69) is 21.4 Å². The first kappa shape index (κ1) is 15.4. The smallest absolute Gasteiger partial charge is 0.426 e. The minimum Gasteiger partial charge on any atom is -0.464 e. The summed E-state index contributed by atoms with van der Waals surface area (Å²) in [5.74, 6) is -1.49. The van der Waals surface area contributed by atoms with Crippen LogP contribution in [-0.2, 0) is 0 Å². The fourth-order valence-corrected chi connectivity index (χ4v) is 1.73. The van der Waals surface area contributed by atoms with Crippen LogP contribution in [0.3, 0.4) is 0 Å². The topological polar surface area (TPSA) is 69.6 Å². The first-order valence-corrected chi connectivity index (χ1v) is 6.37. The Labute approximate surface area is 118 Å². The molecule has 0 radical (unpaired) electrons. The third kappa shape index (κ3) is 4.51. The lowest BCUT2D eigenvalue weighted by atomic mass is 10.2. The van der Waals surface area contributed by atoms with Crippen molar-refractivity contribution in [1.29, 1.82) is 0 Å². The predicted octanol–water partition coefficient (Wildman–Crippen LogP) is 2.87. The largest absolute Gasteiger partial charge is 0.464 e. The van der Waals surface area contributed by atoms with Crippen molar-refractivity contribution >= 4 is 27.9 Å². The molecule has 0 fully saturated rings. The normalized spacial score (nSPS) is 10.4. The number of benzene rings is 1. The molecule has 0 aliphatic heterocycles. The Morgan fingerprint density at radius 2 is 2.11 bits per heavy atom. The molecule has 7 heteroatoms. The molecule has 19 heavy (non-hydrogen) atoms. The maximum atomic E-state index is 13.6. The minimum atomic E-state index is -1.29. The molecule has 0 spiro atoms. The van der Waals surface area contributed by atoms with E-state index in [-0.39, 0.29) is 18.0 Å². The van der Waals surface area contributed by atoms with Gasteiger partial charge in [0, 0.05) is 11.0 Å². The molecule has 2 N–H and O–H groups in total. The van der Waals surface area contributed by atoms with Crippen molar-refractivity contribution in [2.75, 3.05) is 6.54 Å². The van der Waals surface area contributed by atoms with Crippen LogP contribution in [0.1, 0.15) is 24.2 Å². The van der Waals surface area contributed by atoms with Crippen molar-refractivity contribution in [2.45, 2.75) is 13.8 Å². The van der Waals surface area contributed by atoms with Gasteiger partial charge in [0.1, 0.15) is 5.82 Å². The number of carboxylic acid groups (broad SMARTS) is 1. The summed E-state index contributed by atoms with van der Waals surface area (Å²) in [6, 6.07) is 3.93. The fourth-order valence-electron chi connectivity index (χ4n) is 1.39. The number of amides is 2. The summed E-state index contributed by atoms with van der Waals surface area (Å²) >= 11 is 3.08. The monoisotopic (exact) mass is 332 g/mol. The molecule has 1 aromatic rings.